The molecule has 3 heterocycles. The number of hydrogen-bond acceptors (Lipinski definition) is 5. The van der Waals surface area contributed by atoms with Crippen LogP contribution in [0, 0.1) is 5.41 Å². The van der Waals surface area contributed by atoms with Gasteiger partial charge in [0, 0.05) is 45.0 Å². The van der Waals surface area contributed by atoms with Crippen LogP contribution in [-0.2, 0) is 17.9 Å². The number of rotatable bonds is 7. The van der Waals surface area contributed by atoms with Crippen LogP contribution >= 0.6 is 0 Å². The number of hydrogen-bond donors (Lipinski definition) is 1. The predicted molar refractivity (Wildman–Crippen MR) is 121 cm³/mol. The lowest BCUT2D eigenvalue weighted by atomic mass is 9.59. The van der Waals surface area contributed by atoms with Crippen LogP contribution in [0.1, 0.15) is 54.2 Å². The first-order chi connectivity index (χ1) is 16.1. The molecule has 2 amide bonds. The second kappa shape index (κ2) is 9.17. The molecule has 1 saturated carbocycles. The van der Waals surface area contributed by atoms with E-state index in [0.717, 1.165) is 44.3 Å². The van der Waals surface area contributed by atoms with Crippen molar-refractivity contribution in [2.75, 3.05) is 13.1 Å². The van der Waals surface area contributed by atoms with Gasteiger partial charge in [-0.15, -0.1) is 5.10 Å². The summed E-state index contributed by atoms with van der Waals surface area (Å²) in [7, 11) is 0. The standard InChI is InChI=1S/C24H29N7O2/c32-22(7-12-29-15-11-25-18-29)30-13-9-24(10-14-30)8-6-21(24)31-17-20(27-28-31)23(33)26-16-19-4-2-1-3-5-19/h1-5,11,15,17-18,21H,6-10,12-14,16H2,(H,26,33). The van der Waals surface area contributed by atoms with Crippen LogP contribution in [0.15, 0.2) is 55.2 Å². The summed E-state index contributed by atoms with van der Waals surface area (Å²) in [5.41, 5.74) is 1.54. The Morgan fingerprint density at radius 1 is 1.12 bits per heavy atom. The van der Waals surface area contributed by atoms with Crippen LogP contribution in [0.3, 0.4) is 0 Å². The number of nitrogens with one attached hydrogen (secondary N) is 1. The normalized spacial score (nSPS) is 19.3. The maximum absolute atomic E-state index is 12.6. The fourth-order valence-electron chi connectivity index (χ4n) is 5.08. The lowest BCUT2D eigenvalue weighted by molar-refractivity contribution is -0.136. The van der Waals surface area contributed by atoms with Gasteiger partial charge in [0.1, 0.15) is 0 Å². The molecule has 9 nitrogen and oxygen atoms in total. The number of carbonyl (C=O) groups is 2. The lowest BCUT2D eigenvalue weighted by Crippen LogP contribution is -2.51. The number of amides is 2. The molecule has 1 unspecified atom stereocenters. The molecule has 0 radical (unpaired) electrons. The third-order valence-electron chi connectivity index (χ3n) is 7.24. The minimum atomic E-state index is -0.211. The number of carbonyl (C=O) groups excluding carboxylic acids is 2. The molecule has 2 fully saturated rings. The number of imidazole rings is 1. The third-order valence-corrected chi connectivity index (χ3v) is 7.24. The van der Waals surface area contributed by atoms with E-state index in [9.17, 15) is 9.59 Å². The molecule has 1 aromatic carbocycles. The van der Waals surface area contributed by atoms with Crippen LogP contribution in [-0.4, -0.2) is 54.3 Å². The van der Waals surface area contributed by atoms with E-state index >= 15 is 0 Å². The zero-order valence-corrected chi connectivity index (χ0v) is 18.6. The van der Waals surface area contributed by atoms with E-state index in [0.29, 0.717) is 25.2 Å². The molecular formula is C24H29N7O2. The van der Waals surface area contributed by atoms with Crippen LogP contribution in [0.5, 0.6) is 0 Å². The maximum atomic E-state index is 12.6. The minimum absolute atomic E-state index is 0.145. The van der Waals surface area contributed by atoms with Gasteiger partial charge < -0.3 is 14.8 Å². The van der Waals surface area contributed by atoms with Gasteiger partial charge in [0.25, 0.3) is 5.91 Å². The number of aryl methyl sites for hydroxylation is 1. The zero-order chi connectivity index (χ0) is 22.7. The van der Waals surface area contributed by atoms with E-state index in [-0.39, 0.29) is 23.3 Å². The number of likely N-dealkylation sites (tertiary alicyclic amines) is 1. The van der Waals surface area contributed by atoms with E-state index in [1.807, 2.05) is 50.7 Å². The molecule has 33 heavy (non-hydrogen) atoms. The molecule has 1 N–H and O–H groups in total. The summed E-state index contributed by atoms with van der Waals surface area (Å²) in [6, 6.07) is 10.0. The summed E-state index contributed by atoms with van der Waals surface area (Å²) >= 11 is 0. The number of nitrogens with zero attached hydrogens (tertiary/aromatic N) is 6. The first-order valence-electron chi connectivity index (χ1n) is 11.6. The Balaban J connectivity index is 1.14. The van der Waals surface area contributed by atoms with Gasteiger partial charge in [-0.3, -0.25) is 9.59 Å². The number of aromatic nitrogens is 5. The second-order valence-corrected chi connectivity index (χ2v) is 9.10. The van der Waals surface area contributed by atoms with Crippen molar-refractivity contribution in [1.29, 1.82) is 0 Å². The second-order valence-electron chi connectivity index (χ2n) is 9.10. The minimum Gasteiger partial charge on any atom is -0.347 e. The van der Waals surface area contributed by atoms with Gasteiger partial charge in [0.15, 0.2) is 5.69 Å². The number of piperidine rings is 1. The van der Waals surface area contributed by atoms with Crippen molar-refractivity contribution in [3.05, 3.63) is 66.5 Å². The van der Waals surface area contributed by atoms with Crippen LogP contribution in [0.2, 0.25) is 0 Å². The Morgan fingerprint density at radius 2 is 1.94 bits per heavy atom. The molecule has 3 aromatic rings. The van der Waals surface area contributed by atoms with E-state index in [1.165, 1.54) is 0 Å². The quantitative estimate of drug-likeness (QED) is 0.600. The monoisotopic (exact) mass is 447 g/mol. The molecule has 9 heteroatoms. The van der Waals surface area contributed by atoms with Crippen LogP contribution in [0.4, 0.5) is 0 Å². The summed E-state index contributed by atoms with van der Waals surface area (Å²) in [6.07, 6.45) is 11.7. The molecule has 1 spiro atoms. The van der Waals surface area contributed by atoms with Gasteiger partial charge in [0.05, 0.1) is 18.6 Å². The van der Waals surface area contributed by atoms with Gasteiger partial charge in [-0.1, -0.05) is 35.5 Å². The van der Waals surface area contributed by atoms with E-state index in [4.69, 9.17) is 0 Å². The van der Waals surface area contributed by atoms with E-state index in [2.05, 4.69) is 20.6 Å². The van der Waals surface area contributed by atoms with Crippen molar-refractivity contribution in [3.8, 4) is 0 Å². The average molecular weight is 448 g/mol. The topological polar surface area (TPSA) is 97.9 Å². The Hall–Kier alpha value is -3.49. The average Bonchev–Trinajstić information content (AvgIpc) is 3.54. The fraction of sp³-hybridized carbons (Fsp3) is 0.458. The van der Waals surface area contributed by atoms with Crippen LogP contribution < -0.4 is 5.32 Å². The van der Waals surface area contributed by atoms with Gasteiger partial charge in [-0.25, -0.2) is 9.67 Å². The van der Waals surface area contributed by atoms with Crippen molar-refractivity contribution >= 4 is 11.8 Å². The summed E-state index contributed by atoms with van der Waals surface area (Å²) < 4.78 is 3.81. The van der Waals surface area contributed by atoms with E-state index in [1.54, 1.807) is 18.7 Å². The first-order valence-corrected chi connectivity index (χ1v) is 11.6. The maximum Gasteiger partial charge on any atom is 0.273 e. The largest absolute Gasteiger partial charge is 0.347 e. The third kappa shape index (κ3) is 4.53. The molecule has 0 bridgehead atoms. The van der Waals surface area contributed by atoms with Crippen LogP contribution in [0.25, 0.3) is 0 Å². The highest BCUT2D eigenvalue weighted by atomic mass is 16.2. The predicted octanol–water partition coefficient (Wildman–Crippen LogP) is 2.44. The molecule has 1 aliphatic heterocycles. The highest BCUT2D eigenvalue weighted by Crippen LogP contribution is 2.56. The Bertz CT molecular complexity index is 1090. The Morgan fingerprint density at radius 3 is 2.64 bits per heavy atom. The van der Waals surface area contributed by atoms with Gasteiger partial charge >= 0.3 is 0 Å². The fourth-order valence-corrected chi connectivity index (χ4v) is 5.08. The molecule has 5 rings (SSSR count). The smallest absolute Gasteiger partial charge is 0.273 e. The summed E-state index contributed by atoms with van der Waals surface area (Å²) in [6.45, 7) is 2.68. The summed E-state index contributed by atoms with van der Waals surface area (Å²) in [4.78, 5) is 31.2. The Labute approximate surface area is 192 Å². The molecule has 172 valence electrons. The van der Waals surface area contributed by atoms with Crippen molar-refractivity contribution in [2.24, 2.45) is 5.41 Å². The molecular weight excluding hydrogens is 418 g/mol. The Kier molecular flexibility index (Phi) is 5.93. The van der Waals surface area contributed by atoms with Gasteiger partial charge in [0.2, 0.25) is 5.91 Å². The summed E-state index contributed by atoms with van der Waals surface area (Å²) in [5, 5.41) is 11.3. The van der Waals surface area contributed by atoms with Crippen molar-refractivity contribution in [1.82, 2.24) is 34.8 Å². The van der Waals surface area contributed by atoms with Crippen molar-refractivity contribution < 1.29 is 9.59 Å². The van der Waals surface area contributed by atoms with Gasteiger partial charge in [-0.05, 0) is 36.7 Å². The summed E-state index contributed by atoms with van der Waals surface area (Å²) in [5.74, 6) is -0.00987. The van der Waals surface area contributed by atoms with Gasteiger partial charge in [-0.2, -0.15) is 0 Å². The highest BCUT2D eigenvalue weighted by molar-refractivity contribution is 5.91. The van der Waals surface area contributed by atoms with Crippen molar-refractivity contribution in [2.45, 2.75) is 51.2 Å². The molecule has 1 saturated heterocycles. The van der Waals surface area contributed by atoms with Crippen molar-refractivity contribution in [3.63, 3.8) is 0 Å². The zero-order valence-electron chi connectivity index (χ0n) is 18.6. The SMILES string of the molecule is O=C(NCc1ccccc1)c1cn(C2CCC23CCN(C(=O)CCn2ccnc2)CC3)nn1. The molecule has 1 aliphatic carbocycles. The number of benzene rings is 1. The molecule has 2 aromatic heterocycles. The molecule has 1 atom stereocenters. The molecule has 2 aliphatic rings. The van der Waals surface area contributed by atoms with E-state index < -0.39 is 0 Å². The highest BCUT2D eigenvalue weighted by Gasteiger charge is 2.50. The first kappa shape index (κ1) is 21.4. The lowest BCUT2D eigenvalue weighted by Gasteiger charge is -2.53.